The van der Waals surface area contributed by atoms with Gasteiger partial charge in [0.05, 0.1) is 4.88 Å². The Labute approximate surface area is 81.8 Å². The second-order valence-corrected chi connectivity index (χ2v) is 5.15. The summed E-state index contributed by atoms with van der Waals surface area (Å²) in [7, 11) is 0. The molecule has 0 aromatic carbocycles. The second kappa shape index (κ2) is 2.44. The van der Waals surface area contributed by atoms with Crippen LogP contribution in [0, 0.1) is 5.41 Å². The van der Waals surface area contributed by atoms with Crippen LogP contribution in [-0.2, 0) is 6.42 Å². The van der Waals surface area contributed by atoms with Crippen molar-refractivity contribution in [2.24, 2.45) is 5.41 Å². The normalized spacial score (nSPS) is 24.2. The molecule has 1 aromatic rings. The fourth-order valence-electron chi connectivity index (χ4n) is 2.54. The van der Waals surface area contributed by atoms with Crippen LogP contribution in [0.1, 0.15) is 40.9 Å². The Morgan fingerprint density at radius 3 is 2.85 bits per heavy atom. The summed E-state index contributed by atoms with van der Waals surface area (Å²) in [6.07, 6.45) is 5.78. The number of carbonyl (C=O) groups excluding carboxylic acids is 1. The van der Waals surface area contributed by atoms with Gasteiger partial charge in [-0.05, 0) is 42.7 Å². The maximum Gasteiger partial charge on any atom is 0.179 e. The van der Waals surface area contributed by atoms with Crippen LogP contribution in [0.5, 0.6) is 0 Å². The molecular weight excluding hydrogens is 180 g/mol. The molecule has 0 unspecified atom stereocenters. The summed E-state index contributed by atoms with van der Waals surface area (Å²) < 4.78 is 0. The first-order chi connectivity index (χ1) is 6.32. The zero-order valence-corrected chi connectivity index (χ0v) is 8.32. The molecule has 0 N–H and O–H groups in total. The van der Waals surface area contributed by atoms with Crippen molar-refractivity contribution in [2.75, 3.05) is 0 Å². The van der Waals surface area contributed by atoms with E-state index in [4.69, 9.17) is 0 Å². The summed E-state index contributed by atoms with van der Waals surface area (Å²) in [5.74, 6) is 0.454. The third kappa shape index (κ3) is 0.896. The minimum atomic E-state index is 0.0951. The predicted molar refractivity (Wildman–Crippen MR) is 53.3 cm³/mol. The van der Waals surface area contributed by atoms with Crippen LogP contribution in [0.3, 0.4) is 0 Å². The number of hydrogen-bond acceptors (Lipinski definition) is 2. The smallest absolute Gasteiger partial charge is 0.179 e. The summed E-state index contributed by atoms with van der Waals surface area (Å²) in [5.41, 5.74) is 1.39. The molecule has 2 aliphatic carbocycles. The summed E-state index contributed by atoms with van der Waals surface area (Å²) in [6.45, 7) is 0. The number of hydrogen-bond donors (Lipinski definition) is 0. The van der Waals surface area contributed by atoms with Crippen molar-refractivity contribution >= 4 is 17.1 Å². The van der Waals surface area contributed by atoms with E-state index < -0.39 is 0 Å². The Balaban J connectivity index is 2.06. The van der Waals surface area contributed by atoms with Crippen LogP contribution in [0.4, 0.5) is 0 Å². The lowest BCUT2D eigenvalue weighted by Crippen LogP contribution is -2.40. The van der Waals surface area contributed by atoms with Gasteiger partial charge in [0.2, 0.25) is 0 Å². The van der Waals surface area contributed by atoms with Crippen LogP contribution in [0.2, 0.25) is 0 Å². The van der Waals surface area contributed by atoms with Gasteiger partial charge < -0.3 is 0 Å². The Bertz CT molecular complexity index is 360. The fraction of sp³-hybridized carbons (Fsp3) is 0.545. The van der Waals surface area contributed by atoms with Crippen LogP contribution in [-0.4, -0.2) is 5.78 Å². The number of thiophene rings is 1. The monoisotopic (exact) mass is 192 g/mol. The zero-order chi connectivity index (χ0) is 8.89. The average Bonchev–Trinajstić information content (AvgIpc) is 2.50. The topological polar surface area (TPSA) is 17.1 Å². The van der Waals surface area contributed by atoms with E-state index in [0.717, 1.165) is 30.6 Å². The van der Waals surface area contributed by atoms with Gasteiger partial charge in [-0.2, -0.15) is 0 Å². The fourth-order valence-corrected chi connectivity index (χ4v) is 3.55. The van der Waals surface area contributed by atoms with E-state index in [0.29, 0.717) is 5.78 Å². The Hall–Kier alpha value is -0.630. The minimum Gasteiger partial charge on any atom is -0.293 e. The van der Waals surface area contributed by atoms with Crippen LogP contribution in [0.25, 0.3) is 0 Å². The molecule has 1 aromatic heterocycles. The molecule has 0 bridgehead atoms. The third-order valence-electron chi connectivity index (χ3n) is 3.62. The lowest BCUT2D eigenvalue weighted by Gasteiger charge is -2.42. The summed E-state index contributed by atoms with van der Waals surface area (Å²) >= 11 is 1.64. The van der Waals surface area contributed by atoms with E-state index in [-0.39, 0.29) is 5.41 Å². The van der Waals surface area contributed by atoms with Crippen molar-refractivity contribution in [3.8, 4) is 0 Å². The molecule has 0 atom stereocenters. The first kappa shape index (κ1) is 7.74. The van der Waals surface area contributed by atoms with E-state index in [2.05, 4.69) is 11.4 Å². The number of Topliss-reactive ketones (excluding diaryl/α,β-unsaturated/α-hetero) is 1. The van der Waals surface area contributed by atoms with Crippen LogP contribution < -0.4 is 0 Å². The molecule has 0 radical (unpaired) electrons. The van der Waals surface area contributed by atoms with E-state index >= 15 is 0 Å². The highest BCUT2D eigenvalue weighted by Gasteiger charge is 2.47. The Morgan fingerprint density at radius 1 is 1.31 bits per heavy atom. The number of ketones is 1. The standard InChI is InChI=1S/C11H12OS/c12-10-9-8(3-7-13-9)2-6-11(10)4-1-5-11/h3,7H,1-2,4-6H2. The van der Waals surface area contributed by atoms with Gasteiger partial charge in [-0.25, -0.2) is 0 Å². The van der Waals surface area contributed by atoms with Gasteiger partial charge in [0, 0.05) is 5.41 Å². The van der Waals surface area contributed by atoms with Gasteiger partial charge in [-0.3, -0.25) is 4.79 Å². The van der Waals surface area contributed by atoms with E-state index in [1.165, 1.54) is 12.0 Å². The van der Waals surface area contributed by atoms with Crippen LogP contribution >= 0.6 is 11.3 Å². The largest absolute Gasteiger partial charge is 0.293 e. The molecule has 1 spiro atoms. The second-order valence-electron chi connectivity index (χ2n) is 4.24. The zero-order valence-electron chi connectivity index (χ0n) is 7.51. The Kier molecular flexibility index (Phi) is 1.46. The highest BCUT2D eigenvalue weighted by Crippen LogP contribution is 2.50. The average molecular weight is 192 g/mol. The summed E-state index contributed by atoms with van der Waals surface area (Å²) in [4.78, 5) is 13.2. The molecule has 1 saturated carbocycles. The minimum absolute atomic E-state index is 0.0951. The van der Waals surface area contributed by atoms with E-state index in [9.17, 15) is 4.79 Å². The van der Waals surface area contributed by atoms with Crippen molar-refractivity contribution in [1.29, 1.82) is 0 Å². The van der Waals surface area contributed by atoms with Gasteiger partial charge in [-0.15, -0.1) is 11.3 Å². The molecule has 0 aliphatic heterocycles. The predicted octanol–water partition coefficient (Wildman–Crippen LogP) is 3.05. The maximum atomic E-state index is 12.1. The Morgan fingerprint density at radius 2 is 2.15 bits per heavy atom. The molecule has 2 aliphatic rings. The molecule has 68 valence electrons. The van der Waals surface area contributed by atoms with Gasteiger partial charge in [0.15, 0.2) is 5.78 Å². The van der Waals surface area contributed by atoms with Gasteiger partial charge >= 0.3 is 0 Å². The van der Waals surface area contributed by atoms with E-state index in [1.54, 1.807) is 11.3 Å². The number of carbonyl (C=O) groups is 1. The van der Waals surface area contributed by atoms with Gasteiger partial charge in [0.25, 0.3) is 0 Å². The SMILES string of the molecule is O=C1c2sccc2CCC12CCC2. The highest BCUT2D eigenvalue weighted by molar-refractivity contribution is 7.12. The molecule has 0 saturated heterocycles. The highest BCUT2D eigenvalue weighted by atomic mass is 32.1. The number of fused-ring (bicyclic) bond motifs is 1. The molecule has 13 heavy (non-hydrogen) atoms. The van der Waals surface area contributed by atoms with E-state index in [1.807, 2.05) is 0 Å². The maximum absolute atomic E-state index is 12.1. The summed E-state index contributed by atoms with van der Waals surface area (Å²) in [6, 6.07) is 2.11. The quantitative estimate of drug-likeness (QED) is 0.617. The number of rotatable bonds is 0. The molecular formula is C11H12OS. The van der Waals surface area contributed by atoms with Crippen LogP contribution in [0.15, 0.2) is 11.4 Å². The lowest BCUT2D eigenvalue weighted by molar-refractivity contribution is 0.0561. The van der Waals surface area contributed by atoms with Crippen molar-refractivity contribution in [2.45, 2.75) is 32.1 Å². The van der Waals surface area contributed by atoms with Gasteiger partial charge in [0.1, 0.15) is 0 Å². The molecule has 2 heteroatoms. The lowest BCUT2D eigenvalue weighted by atomic mass is 9.60. The van der Waals surface area contributed by atoms with Crippen molar-refractivity contribution in [3.05, 3.63) is 21.9 Å². The van der Waals surface area contributed by atoms with Gasteiger partial charge in [-0.1, -0.05) is 6.42 Å². The molecule has 1 nitrogen and oxygen atoms in total. The van der Waals surface area contributed by atoms with Crippen molar-refractivity contribution in [1.82, 2.24) is 0 Å². The first-order valence-corrected chi connectivity index (χ1v) is 5.81. The number of aryl methyl sites for hydroxylation is 1. The van der Waals surface area contributed by atoms with Crippen molar-refractivity contribution in [3.63, 3.8) is 0 Å². The first-order valence-electron chi connectivity index (χ1n) is 4.93. The summed E-state index contributed by atoms with van der Waals surface area (Å²) in [5, 5.41) is 2.06. The molecule has 0 amide bonds. The van der Waals surface area contributed by atoms with Crippen molar-refractivity contribution < 1.29 is 4.79 Å². The molecule has 1 fully saturated rings. The molecule has 3 rings (SSSR count). The molecule has 1 heterocycles. The third-order valence-corrected chi connectivity index (χ3v) is 4.57.